The highest BCUT2D eigenvalue weighted by molar-refractivity contribution is 9.10. The molecule has 36 heavy (non-hydrogen) atoms. The van der Waals surface area contributed by atoms with Crippen molar-refractivity contribution in [2.24, 2.45) is 5.92 Å². The number of benzene rings is 2. The molecule has 12 heteroatoms. The summed E-state index contributed by atoms with van der Waals surface area (Å²) in [5, 5.41) is 1.88. The summed E-state index contributed by atoms with van der Waals surface area (Å²) in [6.45, 7) is 4.93. The van der Waals surface area contributed by atoms with Gasteiger partial charge in [0, 0.05) is 10.2 Å². The maximum absolute atomic E-state index is 13.2. The van der Waals surface area contributed by atoms with Crippen molar-refractivity contribution in [3.05, 3.63) is 59.5 Å². The van der Waals surface area contributed by atoms with Gasteiger partial charge in [0.15, 0.2) is 6.61 Å². The zero-order valence-electron chi connectivity index (χ0n) is 19.4. The summed E-state index contributed by atoms with van der Waals surface area (Å²) in [4.78, 5) is 52.7. The summed E-state index contributed by atoms with van der Waals surface area (Å²) in [7, 11) is 0. The van der Waals surface area contributed by atoms with Crippen LogP contribution in [-0.4, -0.2) is 41.2 Å². The van der Waals surface area contributed by atoms with Gasteiger partial charge >= 0.3 is 5.97 Å². The Kier molecular flexibility index (Phi) is 9.33. The number of carbonyl (C=O) groups is 4. The minimum absolute atomic E-state index is 0.0787. The van der Waals surface area contributed by atoms with E-state index in [1.54, 1.807) is 26.0 Å². The van der Waals surface area contributed by atoms with E-state index in [1.165, 1.54) is 0 Å². The Morgan fingerprint density at radius 2 is 1.56 bits per heavy atom. The monoisotopic (exact) mass is 636 g/mol. The van der Waals surface area contributed by atoms with Crippen molar-refractivity contribution in [2.75, 3.05) is 11.9 Å². The number of aryl methyl sites for hydroxylation is 1. The number of carbonyl (C=O) groups excluding carboxylic acids is 4. The standard InChI is InChI=1S/C24H21BrCl4N2O5/c1-4-11-8-12(25)5-6-13(11)30-15(32)9-36-24(35)14(7-10(2)3)31-22(33)16-17(23(31)34)19(27)21(29)20(28)18(16)26/h5-6,8,10,14H,4,7,9H2,1-3H3,(H,30,32)/t14-/m1/s1. The summed E-state index contributed by atoms with van der Waals surface area (Å²) in [5.41, 5.74) is 1.00. The molecule has 0 saturated heterocycles. The second-order valence-electron chi connectivity index (χ2n) is 8.44. The molecular formula is C24H21BrCl4N2O5. The third-order valence-electron chi connectivity index (χ3n) is 5.48. The maximum Gasteiger partial charge on any atom is 0.329 e. The Bertz CT molecular complexity index is 1220. The molecular weight excluding hydrogens is 618 g/mol. The van der Waals surface area contributed by atoms with Crippen molar-refractivity contribution >= 4 is 91.7 Å². The van der Waals surface area contributed by atoms with Crippen molar-refractivity contribution in [1.29, 1.82) is 0 Å². The summed E-state index contributed by atoms with van der Waals surface area (Å²) in [6.07, 6.45) is 0.750. The van der Waals surface area contributed by atoms with E-state index in [1.807, 2.05) is 13.0 Å². The van der Waals surface area contributed by atoms with E-state index in [9.17, 15) is 19.2 Å². The van der Waals surface area contributed by atoms with Crippen LogP contribution in [0.1, 0.15) is 53.5 Å². The van der Waals surface area contributed by atoms with Crippen LogP contribution < -0.4 is 5.32 Å². The molecule has 1 N–H and O–H groups in total. The average Bonchev–Trinajstić information content (AvgIpc) is 3.09. The van der Waals surface area contributed by atoms with E-state index in [0.717, 1.165) is 14.9 Å². The summed E-state index contributed by atoms with van der Waals surface area (Å²) in [6, 6.07) is 4.05. The van der Waals surface area contributed by atoms with Crippen molar-refractivity contribution in [3.63, 3.8) is 0 Å². The molecule has 3 rings (SSSR count). The van der Waals surface area contributed by atoms with Gasteiger partial charge in [0.2, 0.25) is 0 Å². The first-order valence-corrected chi connectivity index (χ1v) is 13.2. The van der Waals surface area contributed by atoms with Gasteiger partial charge in [0.05, 0.1) is 31.2 Å². The first kappa shape index (κ1) is 28.7. The normalized spacial score (nSPS) is 13.8. The lowest BCUT2D eigenvalue weighted by Crippen LogP contribution is -2.47. The van der Waals surface area contributed by atoms with Gasteiger partial charge in [-0.2, -0.15) is 0 Å². The lowest BCUT2D eigenvalue weighted by atomic mass is 10.0. The van der Waals surface area contributed by atoms with E-state index < -0.39 is 36.3 Å². The van der Waals surface area contributed by atoms with Crippen LogP contribution in [0.15, 0.2) is 22.7 Å². The molecule has 0 bridgehead atoms. The van der Waals surface area contributed by atoms with E-state index >= 15 is 0 Å². The Hall–Kier alpha value is -1.84. The molecule has 0 spiro atoms. The first-order chi connectivity index (χ1) is 16.9. The van der Waals surface area contributed by atoms with Gasteiger partial charge in [-0.1, -0.05) is 83.1 Å². The Morgan fingerprint density at radius 1 is 1.00 bits per heavy atom. The molecule has 2 aromatic rings. The smallest absolute Gasteiger partial charge is 0.329 e. The number of halogens is 5. The number of anilines is 1. The second kappa shape index (κ2) is 11.7. The largest absolute Gasteiger partial charge is 0.454 e. The number of imide groups is 1. The Morgan fingerprint density at radius 3 is 2.06 bits per heavy atom. The van der Waals surface area contributed by atoms with Gasteiger partial charge in [-0.05, 0) is 42.5 Å². The highest BCUT2D eigenvalue weighted by Crippen LogP contribution is 2.45. The molecule has 7 nitrogen and oxygen atoms in total. The number of fused-ring (bicyclic) bond motifs is 1. The average molecular weight is 639 g/mol. The van der Waals surface area contributed by atoms with Gasteiger partial charge in [-0.3, -0.25) is 19.3 Å². The quantitative estimate of drug-likeness (QED) is 0.148. The molecule has 0 radical (unpaired) electrons. The minimum atomic E-state index is -1.33. The SMILES string of the molecule is CCc1cc(Br)ccc1NC(=O)COC(=O)[C@@H](CC(C)C)N1C(=O)c2c(Cl)c(Cl)c(Cl)c(Cl)c2C1=O. The number of hydrogen-bond acceptors (Lipinski definition) is 5. The maximum atomic E-state index is 13.2. The number of amides is 3. The van der Waals surface area contributed by atoms with Crippen LogP contribution >= 0.6 is 62.3 Å². The lowest BCUT2D eigenvalue weighted by molar-refractivity contribution is -0.151. The number of nitrogens with zero attached hydrogens (tertiary/aromatic N) is 1. The molecule has 0 aromatic heterocycles. The number of nitrogens with one attached hydrogen (secondary N) is 1. The summed E-state index contributed by atoms with van der Waals surface area (Å²) < 4.78 is 6.09. The fraction of sp³-hybridized carbons (Fsp3) is 0.333. The van der Waals surface area contributed by atoms with Crippen LogP contribution in [-0.2, 0) is 20.7 Å². The zero-order chi connectivity index (χ0) is 26.9. The van der Waals surface area contributed by atoms with Crippen LogP contribution in [0.25, 0.3) is 0 Å². The number of ether oxygens (including phenoxy) is 1. The Balaban J connectivity index is 1.82. The van der Waals surface area contributed by atoms with Crippen molar-refractivity contribution in [3.8, 4) is 0 Å². The molecule has 0 fully saturated rings. The highest BCUT2D eigenvalue weighted by atomic mass is 79.9. The Labute approximate surface area is 236 Å². The van der Waals surface area contributed by atoms with Crippen LogP contribution in [0.3, 0.4) is 0 Å². The molecule has 1 aliphatic heterocycles. The molecule has 0 unspecified atom stereocenters. The highest BCUT2D eigenvalue weighted by Gasteiger charge is 2.47. The van der Waals surface area contributed by atoms with Crippen molar-refractivity contribution in [2.45, 2.75) is 39.7 Å². The lowest BCUT2D eigenvalue weighted by Gasteiger charge is -2.26. The number of esters is 1. The van der Waals surface area contributed by atoms with Gasteiger partial charge in [0.25, 0.3) is 17.7 Å². The second-order valence-corrected chi connectivity index (χ2v) is 10.9. The third-order valence-corrected chi connectivity index (χ3v) is 7.77. The molecule has 1 aliphatic rings. The van der Waals surface area contributed by atoms with Crippen LogP contribution in [0.4, 0.5) is 5.69 Å². The number of rotatable bonds is 8. The van der Waals surface area contributed by atoms with Crippen molar-refractivity contribution in [1.82, 2.24) is 4.90 Å². The molecule has 1 atom stereocenters. The van der Waals surface area contributed by atoms with Crippen LogP contribution in [0.2, 0.25) is 20.1 Å². The van der Waals surface area contributed by atoms with Crippen molar-refractivity contribution < 1.29 is 23.9 Å². The molecule has 1 heterocycles. The van der Waals surface area contributed by atoms with E-state index in [4.69, 9.17) is 51.1 Å². The summed E-state index contributed by atoms with van der Waals surface area (Å²) in [5.74, 6) is -3.32. The van der Waals surface area contributed by atoms with E-state index in [2.05, 4.69) is 21.2 Å². The first-order valence-electron chi connectivity index (χ1n) is 10.9. The predicted molar refractivity (Wildman–Crippen MR) is 143 cm³/mol. The van der Waals surface area contributed by atoms with Gasteiger partial charge in [-0.15, -0.1) is 0 Å². The van der Waals surface area contributed by atoms with Crippen LogP contribution in [0.5, 0.6) is 0 Å². The van der Waals surface area contributed by atoms with Gasteiger partial charge in [0.1, 0.15) is 6.04 Å². The zero-order valence-corrected chi connectivity index (χ0v) is 24.0. The molecule has 0 aliphatic carbocycles. The van der Waals surface area contributed by atoms with E-state index in [-0.39, 0.29) is 43.6 Å². The predicted octanol–water partition coefficient (Wildman–Crippen LogP) is 6.82. The van der Waals surface area contributed by atoms with Crippen LogP contribution in [0, 0.1) is 5.92 Å². The van der Waals surface area contributed by atoms with Gasteiger partial charge < -0.3 is 10.1 Å². The fourth-order valence-electron chi connectivity index (χ4n) is 3.80. The molecule has 3 amide bonds. The molecule has 0 saturated carbocycles. The number of hydrogen-bond donors (Lipinski definition) is 1. The minimum Gasteiger partial charge on any atom is -0.454 e. The van der Waals surface area contributed by atoms with Gasteiger partial charge in [-0.25, -0.2) is 4.79 Å². The molecule has 192 valence electrons. The topological polar surface area (TPSA) is 92.8 Å². The van der Waals surface area contributed by atoms with E-state index in [0.29, 0.717) is 12.1 Å². The molecule has 2 aromatic carbocycles. The fourth-order valence-corrected chi connectivity index (χ4v) is 5.22. The third kappa shape index (κ3) is 5.68. The summed E-state index contributed by atoms with van der Waals surface area (Å²) >= 11 is 27.9.